The Morgan fingerprint density at radius 1 is 1.24 bits per heavy atom. The molecular formula is C13H17ClO3. The summed E-state index contributed by atoms with van der Waals surface area (Å²) < 4.78 is 16.5. The van der Waals surface area contributed by atoms with Gasteiger partial charge in [0, 0.05) is 6.61 Å². The van der Waals surface area contributed by atoms with Crippen molar-refractivity contribution >= 4 is 11.6 Å². The maximum absolute atomic E-state index is 5.96. The molecule has 1 atom stereocenters. The van der Waals surface area contributed by atoms with Crippen LogP contribution in [0, 0.1) is 0 Å². The Labute approximate surface area is 107 Å². The van der Waals surface area contributed by atoms with E-state index in [1.165, 1.54) is 6.42 Å². The van der Waals surface area contributed by atoms with E-state index in [2.05, 4.69) is 0 Å². The fraction of sp³-hybridized carbons (Fsp3) is 0.538. The van der Waals surface area contributed by atoms with Crippen LogP contribution < -0.4 is 4.74 Å². The number of rotatable bonds is 5. The van der Waals surface area contributed by atoms with Crippen molar-refractivity contribution in [2.45, 2.75) is 25.6 Å². The SMILES string of the molecule is Clc1ccccc1OCCOC1CCCCO1. The van der Waals surface area contributed by atoms with Crippen molar-refractivity contribution in [3.63, 3.8) is 0 Å². The molecule has 3 nitrogen and oxygen atoms in total. The molecule has 1 aliphatic heterocycles. The molecular weight excluding hydrogens is 240 g/mol. The normalized spacial score (nSPS) is 20.2. The van der Waals surface area contributed by atoms with Crippen molar-refractivity contribution in [1.29, 1.82) is 0 Å². The van der Waals surface area contributed by atoms with E-state index in [4.69, 9.17) is 25.8 Å². The molecule has 0 radical (unpaired) electrons. The summed E-state index contributed by atoms with van der Waals surface area (Å²) >= 11 is 5.96. The minimum absolute atomic E-state index is 0.0569. The summed E-state index contributed by atoms with van der Waals surface area (Å²) in [4.78, 5) is 0. The van der Waals surface area contributed by atoms with Gasteiger partial charge in [0.15, 0.2) is 6.29 Å². The molecule has 0 spiro atoms. The van der Waals surface area contributed by atoms with Gasteiger partial charge in [-0.25, -0.2) is 0 Å². The van der Waals surface area contributed by atoms with Gasteiger partial charge in [0.05, 0.1) is 11.6 Å². The number of para-hydroxylation sites is 1. The third-order valence-corrected chi connectivity index (χ3v) is 2.93. The number of benzene rings is 1. The fourth-order valence-corrected chi connectivity index (χ4v) is 1.93. The predicted octanol–water partition coefficient (Wildman–Crippen LogP) is 3.26. The lowest BCUT2D eigenvalue weighted by molar-refractivity contribution is -0.165. The highest BCUT2D eigenvalue weighted by Gasteiger charge is 2.13. The zero-order valence-electron chi connectivity index (χ0n) is 9.73. The van der Waals surface area contributed by atoms with Crippen LogP contribution in [-0.2, 0) is 9.47 Å². The molecule has 4 heteroatoms. The van der Waals surface area contributed by atoms with Crippen molar-refractivity contribution in [2.75, 3.05) is 19.8 Å². The quantitative estimate of drug-likeness (QED) is 0.757. The van der Waals surface area contributed by atoms with E-state index in [1.54, 1.807) is 0 Å². The summed E-state index contributed by atoms with van der Waals surface area (Å²) in [5.41, 5.74) is 0. The smallest absolute Gasteiger partial charge is 0.157 e. The standard InChI is InChI=1S/C13H17ClO3/c14-11-5-1-2-6-12(11)15-9-10-17-13-7-3-4-8-16-13/h1-2,5-6,13H,3-4,7-10H2. The predicted molar refractivity (Wildman–Crippen MR) is 66.5 cm³/mol. The van der Waals surface area contributed by atoms with Crippen LogP contribution in [0.15, 0.2) is 24.3 Å². The Morgan fingerprint density at radius 3 is 2.88 bits per heavy atom. The second-order valence-electron chi connectivity index (χ2n) is 3.95. The van der Waals surface area contributed by atoms with Crippen molar-refractivity contribution in [2.24, 2.45) is 0 Å². The van der Waals surface area contributed by atoms with Crippen LogP contribution in [-0.4, -0.2) is 26.1 Å². The van der Waals surface area contributed by atoms with Crippen LogP contribution in [0.25, 0.3) is 0 Å². The van der Waals surface area contributed by atoms with Crippen LogP contribution >= 0.6 is 11.6 Å². The molecule has 0 bridgehead atoms. The lowest BCUT2D eigenvalue weighted by Gasteiger charge is -2.22. The van der Waals surface area contributed by atoms with E-state index in [-0.39, 0.29) is 6.29 Å². The molecule has 94 valence electrons. The Kier molecular flexibility index (Phi) is 5.10. The van der Waals surface area contributed by atoms with E-state index < -0.39 is 0 Å². The van der Waals surface area contributed by atoms with Crippen LogP contribution in [0.3, 0.4) is 0 Å². The second-order valence-corrected chi connectivity index (χ2v) is 4.35. The van der Waals surface area contributed by atoms with Gasteiger partial charge in [-0.3, -0.25) is 0 Å². The fourth-order valence-electron chi connectivity index (χ4n) is 1.74. The minimum Gasteiger partial charge on any atom is -0.490 e. The van der Waals surface area contributed by atoms with Crippen LogP contribution in [0.4, 0.5) is 0 Å². The molecule has 1 aliphatic rings. The lowest BCUT2D eigenvalue weighted by Crippen LogP contribution is -2.24. The first-order valence-corrected chi connectivity index (χ1v) is 6.34. The Balaban J connectivity index is 1.64. The maximum atomic E-state index is 5.96. The highest BCUT2D eigenvalue weighted by atomic mass is 35.5. The summed E-state index contributed by atoms with van der Waals surface area (Å²) in [7, 11) is 0. The summed E-state index contributed by atoms with van der Waals surface area (Å²) in [5.74, 6) is 0.697. The Morgan fingerprint density at radius 2 is 2.12 bits per heavy atom. The van der Waals surface area contributed by atoms with Gasteiger partial charge in [0.25, 0.3) is 0 Å². The maximum Gasteiger partial charge on any atom is 0.157 e. The largest absolute Gasteiger partial charge is 0.490 e. The Bertz CT molecular complexity index is 337. The van der Waals surface area contributed by atoms with Crippen LogP contribution in [0.2, 0.25) is 5.02 Å². The van der Waals surface area contributed by atoms with E-state index >= 15 is 0 Å². The molecule has 1 unspecified atom stereocenters. The molecule has 1 saturated heterocycles. The van der Waals surface area contributed by atoms with Gasteiger partial charge in [-0.1, -0.05) is 23.7 Å². The Hall–Kier alpha value is -0.770. The van der Waals surface area contributed by atoms with Crippen LogP contribution in [0.5, 0.6) is 5.75 Å². The van der Waals surface area contributed by atoms with Gasteiger partial charge in [0.2, 0.25) is 0 Å². The van der Waals surface area contributed by atoms with E-state index in [0.29, 0.717) is 24.0 Å². The van der Waals surface area contributed by atoms with Gasteiger partial charge in [0.1, 0.15) is 12.4 Å². The van der Waals surface area contributed by atoms with Gasteiger partial charge in [-0.15, -0.1) is 0 Å². The third-order valence-electron chi connectivity index (χ3n) is 2.62. The molecule has 0 saturated carbocycles. The highest BCUT2D eigenvalue weighted by molar-refractivity contribution is 6.32. The number of hydrogen-bond donors (Lipinski definition) is 0. The molecule has 0 N–H and O–H groups in total. The van der Waals surface area contributed by atoms with Gasteiger partial charge >= 0.3 is 0 Å². The first-order valence-electron chi connectivity index (χ1n) is 5.97. The molecule has 1 fully saturated rings. The van der Waals surface area contributed by atoms with Crippen molar-refractivity contribution in [3.8, 4) is 5.75 Å². The molecule has 1 heterocycles. The molecule has 0 aromatic heterocycles. The average Bonchev–Trinajstić information content (AvgIpc) is 2.38. The molecule has 1 aromatic rings. The average molecular weight is 257 g/mol. The third kappa shape index (κ3) is 4.19. The van der Waals surface area contributed by atoms with Crippen molar-refractivity contribution in [3.05, 3.63) is 29.3 Å². The summed E-state index contributed by atoms with van der Waals surface area (Å²) in [5, 5.41) is 0.626. The number of hydrogen-bond acceptors (Lipinski definition) is 3. The van der Waals surface area contributed by atoms with Crippen molar-refractivity contribution in [1.82, 2.24) is 0 Å². The molecule has 0 aliphatic carbocycles. The van der Waals surface area contributed by atoms with Crippen LogP contribution in [0.1, 0.15) is 19.3 Å². The topological polar surface area (TPSA) is 27.7 Å². The van der Waals surface area contributed by atoms with E-state index in [0.717, 1.165) is 19.4 Å². The monoisotopic (exact) mass is 256 g/mol. The minimum atomic E-state index is -0.0569. The highest BCUT2D eigenvalue weighted by Crippen LogP contribution is 2.23. The van der Waals surface area contributed by atoms with Gasteiger partial charge < -0.3 is 14.2 Å². The van der Waals surface area contributed by atoms with Gasteiger partial charge in [-0.2, -0.15) is 0 Å². The zero-order valence-corrected chi connectivity index (χ0v) is 10.5. The lowest BCUT2D eigenvalue weighted by atomic mass is 10.2. The van der Waals surface area contributed by atoms with Crippen molar-refractivity contribution < 1.29 is 14.2 Å². The summed E-state index contributed by atoms with van der Waals surface area (Å²) in [6.07, 6.45) is 3.23. The first-order chi connectivity index (χ1) is 8.36. The second kappa shape index (κ2) is 6.84. The molecule has 2 rings (SSSR count). The summed E-state index contributed by atoms with van der Waals surface area (Å²) in [6.45, 7) is 1.82. The zero-order chi connectivity index (χ0) is 11.9. The summed E-state index contributed by atoms with van der Waals surface area (Å²) in [6, 6.07) is 7.43. The van der Waals surface area contributed by atoms with Gasteiger partial charge in [-0.05, 0) is 31.4 Å². The van der Waals surface area contributed by atoms with E-state index in [1.807, 2.05) is 24.3 Å². The molecule has 0 amide bonds. The number of halogens is 1. The molecule has 17 heavy (non-hydrogen) atoms. The molecule has 1 aromatic carbocycles. The number of ether oxygens (including phenoxy) is 3. The van der Waals surface area contributed by atoms with E-state index in [9.17, 15) is 0 Å². The first kappa shape index (κ1) is 12.7.